The number of benzene rings is 1. The van der Waals surface area contributed by atoms with Crippen molar-refractivity contribution >= 4 is 29.3 Å². The summed E-state index contributed by atoms with van der Waals surface area (Å²) in [5, 5.41) is 9.96. The number of rotatable bonds is 8. The maximum absolute atomic E-state index is 11.1. The van der Waals surface area contributed by atoms with Crippen molar-refractivity contribution in [1.82, 2.24) is 14.8 Å². The van der Waals surface area contributed by atoms with Crippen LogP contribution in [0, 0.1) is 5.92 Å². The topological polar surface area (TPSA) is 92.3 Å². The van der Waals surface area contributed by atoms with Gasteiger partial charge in [0.15, 0.2) is 16.7 Å². The van der Waals surface area contributed by atoms with Gasteiger partial charge in [-0.05, 0) is 23.6 Å². The van der Waals surface area contributed by atoms with Crippen molar-refractivity contribution in [2.75, 3.05) is 13.2 Å². The summed E-state index contributed by atoms with van der Waals surface area (Å²) in [4.78, 5) is 11.1. The van der Waals surface area contributed by atoms with Crippen molar-refractivity contribution < 1.29 is 14.3 Å². The lowest BCUT2D eigenvalue weighted by Crippen LogP contribution is -2.15. The number of halogens is 1. The molecule has 7 nitrogen and oxygen atoms in total. The number of hydrogen-bond acceptors (Lipinski definition) is 6. The lowest BCUT2D eigenvalue weighted by atomic mass is 10.2. The lowest BCUT2D eigenvalue weighted by molar-refractivity contribution is -0.118. The van der Waals surface area contributed by atoms with Gasteiger partial charge < -0.3 is 19.8 Å². The molecule has 9 heteroatoms. The molecule has 3 rings (SSSR count). The predicted octanol–water partition coefficient (Wildman–Crippen LogP) is 3.46. The third-order valence-corrected chi connectivity index (χ3v) is 5.48. The van der Waals surface area contributed by atoms with Crippen LogP contribution >= 0.6 is 23.4 Å². The molecule has 0 spiro atoms. The fraction of sp³-hybridized carbons (Fsp3) is 0.526. The smallest absolute Gasteiger partial charge is 0.217 e. The Morgan fingerprint density at radius 3 is 2.86 bits per heavy atom. The van der Waals surface area contributed by atoms with E-state index in [-0.39, 0.29) is 12.3 Å². The van der Waals surface area contributed by atoms with E-state index in [0.29, 0.717) is 47.8 Å². The molecule has 0 fully saturated rings. The second-order valence-electron chi connectivity index (χ2n) is 7.11. The van der Waals surface area contributed by atoms with Gasteiger partial charge in [-0.1, -0.05) is 37.2 Å². The Kier molecular flexibility index (Phi) is 7.07. The van der Waals surface area contributed by atoms with Gasteiger partial charge in [0, 0.05) is 31.6 Å². The number of aryl methyl sites for hydroxylation is 1. The highest BCUT2D eigenvalue weighted by Gasteiger charge is 2.18. The predicted molar refractivity (Wildman–Crippen MR) is 109 cm³/mol. The number of amides is 1. The zero-order valence-electron chi connectivity index (χ0n) is 16.1. The van der Waals surface area contributed by atoms with E-state index in [2.05, 4.69) is 28.6 Å². The molecule has 1 aromatic carbocycles. The first-order chi connectivity index (χ1) is 13.4. The van der Waals surface area contributed by atoms with E-state index < -0.39 is 0 Å². The summed E-state index contributed by atoms with van der Waals surface area (Å²) in [7, 11) is 0. The summed E-state index contributed by atoms with van der Waals surface area (Å²) in [6.07, 6.45) is 1.59. The lowest BCUT2D eigenvalue weighted by Gasteiger charge is -2.13. The highest BCUT2D eigenvalue weighted by molar-refractivity contribution is 7.98. The van der Waals surface area contributed by atoms with Crippen molar-refractivity contribution in [2.24, 2.45) is 11.7 Å². The van der Waals surface area contributed by atoms with Gasteiger partial charge in [-0.25, -0.2) is 0 Å². The fourth-order valence-corrected chi connectivity index (χ4v) is 4.09. The van der Waals surface area contributed by atoms with E-state index in [1.165, 1.54) is 0 Å². The molecule has 0 saturated carbocycles. The summed E-state index contributed by atoms with van der Waals surface area (Å²) in [6.45, 7) is 6.27. The minimum atomic E-state index is -0.338. The molecule has 0 saturated heterocycles. The number of carbonyl (C=O) groups is 1. The first-order valence-electron chi connectivity index (χ1n) is 9.35. The Balaban J connectivity index is 1.76. The number of fused-ring (bicyclic) bond motifs is 1. The van der Waals surface area contributed by atoms with Crippen molar-refractivity contribution in [2.45, 2.75) is 50.6 Å². The summed E-state index contributed by atoms with van der Waals surface area (Å²) in [6, 6.07) is 3.87. The molecule has 1 amide bonds. The van der Waals surface area contributed by atoms with Crippen LogP contribution in [0.2, 0.25) is 5.02 Å². The highest BCUT2D eigenvalue weighted by Crippen LogP contribution is 2.39. The minimum Gasteiger partial charge on any atom is -0.489 e. The van der Waals surface area contributed by atoms with Crippen LogP contribution in [0.25, 0.3) is 0 Å². The summed E-state index contributed by atoms with van der Waals surface area (Å²) < 4.78 is 13.5. The molecular formula is C19H25ClN4O3S. The Labute approximate surface area is 173 Å². The van der Waals surface area contributed by atoms with Crippen molar-refractivity contribution in [3.8, 4) is 11.5 Å². The monoisotopic (exact) mass is 424 g/mol. The quantitative estimate of drug-likeness (QED) is 0.652. The number of nitrogens with two attached hydrogens (primary N) is 1. The molecule has 1 aliphatic rings. The molecule has 152 valence electrons. The van der Waals surface area contributed by atoms with Crippen LogP contribution in [0.4, 0.5) is 0 Å². The van der Waals surface area contributed by atoms with Crippen LogP contribution in [0.15, 0.2) is 17.3 Å². The van der Waals surface area contributed by atoms with Gasteiger partial charge in [0.2, 0.25) is 5.91 Å². The zero-order chi connectivity index (χ0) is 20.1. The fourth-order valence-electron chi connectivity index (χ4n) is 2.91. The first kappa shape index (κ1) is 20.8. The van der Waals surface area contributed by atoms with E-state index in [1.54, 1.807) is 11.8 Å². The molecule has 28 heavy (non-hydrogen) atoms. The Morgan fingerprint density at radius 2 is 2.11 bits per heavy atom. The number of primary amides is 1. The molecule has 0 unspecified atom stereocenters. The van der Waals surface area contributed by atoms with Gasteiger partial charge in [-0.15, -0.1) is 10.2 Å². The minimum absolute atomic E-state index is 0.263. The largest absolute Gasteiger partial charge is 0.489 e. The first-order valence-corrected chi connectivity index (χ1v) is 10.7. The van der Waals surface area contributed by atoms with Gasteiger partial charge in [-0.3, -0.25) is 4.79 Å². The van der Waals surface area contributed by atoms with Crippen LogP contribution < -0.4 is 15.2 Å². The van der Waals surface area contributed by atoms with Crippen molar-refractivity contribution in [1.29, 1.82) is 0 Å². The average molecular weight is 425 g/mol. The van der Waals surface area contributed by atoms with Crippen LogP contribution in [-0.2, 0) is 23.5 Å². The second kappa shape index (κ2) is 9.52. The molecule has 0 bridgehead atoms. The summed E-state index contributed by atoms with van der Waals surface area (Å²) in [5.74, 6) is 2.84. The van der Waals surface area contributed by atoms with Crippen LogP contribution in [-0.4, -0.2) is 33.9 Å². The van der Waals surface area contributed by atoms with Crippen LogP contribution in [0.1, 0.15) is 38.1 Å². The number of thioether (sulfide) groups is 1. The third-order valence-electron chi connectivity index (χ3n) is 4.17. The van der Waals surface area contributed by atoms with Gasteiger partial charge in [0.25, 0.3) is 0 Å². The molecule has 2 aromatic rings. The van der Waals surface area contributed by atoms with E-state index in [1.807, 2.05) is 12.1 Å². The van der Waals surface area contributed by atoms with Crippen molar-refractivity contribution in [3.05, 3.63) is 28.5 Å². The molecule has 2 heterocycles. The molecule has 1 aliphatic heterocycles. The number of aromatic nitrogens is 3. The van der Waals surface area contributed by atoms with Crippen LogP contribution in [0.5, 0.6) is 11.5 Å². The van der Waals surface area contributed by atoms with Gasteiger partial charge in [0.05, 0.1) is 18.2 Å². The third kappa shape index (κ3) is 5.32. The SMILES string of the molecule is CC(C)Cn1c(CCC(N)=O)nnc1SCc1cc(Cl)c2c(c1)OCCCO2. The highest BCUT2D eigenvalue weighted by atomic mass is 35.5. The summed E-state index contributed by atoms with van der Waals surface area (Å²) >= 11 is 7.97. The second-order valence-corrected chi connectivity index (χ2v) is 8.46. The number of nitrogens with zero attached hydrogens (tertiary/aromatic N) is 3. The molecular weight excluding hydrogens is 400 g/mol. The number of ether oxygens (including phenoxy) is 2. The van der Waals surface area contributed by atoms with E-state index in [9.17, 15) is 4.79 Å². The van der Waals surface area contributed by atoms with Crippen LogP contribution in [0.3, 0.4) is 0 Å². The maximum Gasteiger partial charge on any atom is 0.217 e. The molecule has 0 aliphatic carbocycles. The molecule has 0 radical (unpaired) electrons. The Morgan fingerprint density at radius 1 is 1.32 bits per heavy atom. The number of hydrogen-bond donors (Lipinski definition) is 1. The molecule has 0 atom stereocenters. The normalized spacial score (nSPS) is 13.6. The number of carbonyl (C=O) groups excluding carboxylic acids is 1. The molecule has 2 N–H and O–H groups in total. The zero-order valence-corrected chi connectivity index (χ0v) is 17.7. The van der Waals surface area contributed by atoms with Gasteiger partial charge in [0.1, 0.15) is 5.82 Å². The Bertz CT molecular complexity index is 841. The van der Waals surface area contributed by atoms with Gasteiger partial charge in [-0.2, -0.15) is 0 Å². The summed E-state index contributed by atoms with van der Waals surface area (Å²) in [5.41, 5.74) is 6.30. The maximum atomic E-state index is 11.1. The van der Waals surface area contributed by atoms with Gasteiger partial charge >= 0.3 is 0 Å². The molecule has 1 aromatic heterocycles. The standard InChI is InChI=1S/C19H25ClN4O3S/c1-12(2)10-24-17(5-4-16(21)25)22-23-19(24)28-11-13-8-14(20)18-15(9-13)26-6-3-7-27-18/h8-9,12H,3-7,10-11H2,1-2H3,(H2,21,25). The van der Waals surface area contributed by atoms with E-state index in [4.69, 9.17) is 26.8 Å². The Hall–Kier alpha value is -1.93. The average Bonchev–Trinajstić information content (AvgIpc) is 2.84. The van der Waals surface area contributed by atoms with Crippen molar-refractivity contribution in [3.63, 3.8) is 0 Å². The van der Waals surface area contributed by atoms with E-state index in [0.717, 1.165) is 29.5 Å². The van der Waals surface area contributed by atoms with E-state index >= 15 is 0 Å².